The Morgan fingerprint density at radius 3 is 1.93 bits per heavy atom. The number of piperidine rings is 3. The van der Waals surface area contributed by atoms with Gasteiger partial charge in [-0.2, -0.15) is 0 Å². The number of hydrogen-bond acceptors (Lipinski definition) is 2. The topological polar surface area (TPSA) is 12.5 Å². The Kier molecular flexibility index (Phi) is 5.65. The van der Waals surface area contributed by atoms with Crippen molar-refractivity contribution in [2.45, 2.75) is 37.5 Å². The summed E-state index contributed by atoms with van der Waals surface area (Å²) in [6.45, 7) is 2.81. The molecule has 3 aliphatic rings. The van der Waals surface area contributed by atoms with Crippen LogP contribution in [0.4, 0.5) is 4.39 Å². The lowest BCUT2D eigenvalue weighted by atomic mass is 9.72. The van der Waals surface area contributed by atoms with Crippen molar-refractivity contribution in [2.24, 2.45) is 5.92 Å². The fraction of sp³-hybridized carbons (Fsp3) is 0.333. The fourth-order valence-corrected chi connectivity index (χ4v) is 5.35. The summed E-state index contributed by atoms with van der Waals surface area (Å²) in [5.74, 6) is 0.650. The Morgan fingerprint density at radius 2 is 1.37 bits per heavy atom. The molecule has 6 rings (SSSR count). The minimum Gasteiger partial charge on any atom is -0.372 e. The van der Waals surface area contributed by atoms with Gasteiger partial charge in [-0.1, -0.05) is 72.8 Å². The standard InChI is InChI=1S/C27H28FNO/c28-24-13-11-20(12-14-24)19-30-27-23-15-17-29(18-16-23)26(27)25(21-7-3-1-4-8-21)22-9-5-2-6-10-22/h1-14,23,25-27H,15-19H2/t26-,27-/m1/s1. The second-order valence-electron chi connectivity index (χ2n) is 8.57. The number of hydrogen-bond donors (Lipinski definition) is 0. The van der Waals surface area contributed by atoms with Gasteiger partial charge >= 0.3 is 0 Å². The molecule has 0 aromatic heterocycles. The normalized spacial score (nSPS) is 25.5. The summed E-state index contributed by atoms with van der Waals surface area (Å²) in [5, 5.41) is 0. The van der Waals surface area contributed by atoms with Crippen molar-refractivity contribution < 1.29 is 9.13 Å². The zero-order chi connectivity index (χ0) is 20.3. The van der Waals surface area contributed by atoms with Crippen molar-refractivity contribution in [1.82, 2.24) is 4.90 Å². The first kappa shape index (κ1) is 19.5. The zero-order valence-electron chi connectivity index (χ0n) is 17.2. The van der Waals surface area contributed by atoms with Gasteiger partial charge in [0.25, 0.3) is 0 Å². The van der Waals surface area contributed by atoms with Crippen molar-refractivity contribution in [3.05, 3.63) is 107 Å². The summed E-state index contributed by atoms with van der Waals surface area (Å²) in [6, 6.07) is 28.7. The number of halogens is 1. The highest BCUT2D eigenvalue weighted by Gasteiger charge is 2.47. The molecule has 0 saturated carbocycles. The molecule has 3 aromatic carbocycles. The van der Waals surface area contributed by atoms with Crippen LogP contribution in [0.3, 0.4) is 0 Å². The van der Waals surface area contributed by atoms with Crippen LogP contribution in [0.5, 0.6) is 0 Å². The molecule has 2 bridgehead atoms. The van der Waals surface area contributed by atoms with E-state index < -0.39 is 0 Å². The van der Waals surface area contributed by atoms with Gasteiger partial charge in [0, 0.05) is 12.0 Å². The zero-order valence-corrected chi connectivity index (χ0v) is 17.2. The molecular weight excluding hydrogens is 373 g/mol. The second kappa shape index (κ2) is 8.71. The number of nitrogens with zero attached hydrogens (tertiary/aromatic N) is 1. The van der Waals surface area contributed by atoms with Crippen molar-refractivity contribution in [2.75, 3.05) is 13.1 Å². The van der Waals surface area contributed by atoms with Gasteiger partial charge in [0.2, 0.25) is 0 Å². The Morgan fingerprint density at radius 1 is 0.800 bits per heavy atom. The van der Waals surface area contributed by atoms with Crippen LogP contribution in [-0.4, -0.2) is 30.1 Å². The molecule has 2 atom stereocenters. The Balaban J connectivity index is 1.48. The maximum Gasteiger partial charge on any atom is 0.123 e. The van der Waals surface area contributed by atoms with E-state index in [0.717, 1.165) is 18.7 Å². The Hall–Kier alpha value is -2.49. The molecule has 154 valence electrons. The van der Waals surface area contributed by atoms with E-state index in [0.29, 0.717) is 18.6 Å². The summed E-state index contributed by atoms with van der Waals surface area (Å²) in [7, 11) is 0. The quantitative estimate of drug-likeness (QED) is 0.530. The average molecular weight is 402 g/mol. The van der Waals surface area contributed by atoms with Gasteiger partial charge < -0.3 is 4.74 Å². The summed E-state index contributed by atoms with van der Waals surface area (Å²) >= 11 is 0. The molecule has 3 aliphatic heterocycles. The fourth-order valence-electron chi connectivity index (χ4n) is 5.35. The van der Waals surface area contributed by atoms with Crippen LogP contribution in [0, 0.1) is 11.7 Å². The first-order chi connectivity index (χ1) is 14.8. The number of ether oxygens (including phenoxy) is 1. The van der Waals surface area contributed by atoms with Crippen LogP contribution >= 0.6 is 0 Å². The van der Waals surface area contributed by atoms with E-state index in [1.54, 1.807) is 0 Å². The van der Waals surface area contributed by atoms with Gasteiger partial charge in [-0.05, 0) is 60.7 Å². The third kappa shape index (κ3) is 3.92. The minimum absolute atomic E-state index is 0.169. The average Bonchev–Trinajstić information content (AvgIpc) is 2.82. The molecule has 2 nitrogen and oxygen atoms in total. The van der Waals surface area contributed by atoms with Gasteiger partial charge in [-0.3, -0.25) is 4.90 Å². The van der Waals surface area contributed by atoms with E-state index in [2.05, 4.69) is 65.6 Å². The lowest BCUT2D eigenvalue weighted by Gasteiger charge is -2.53. The predicted molar refractivity (Wildman–Crippen MR) is 118 cm³/mol. The predicted octanol–water partition coefficient (Wildman–Crippen LogP) is 5.64. The van der Waals surface area contributed by atoms with Crippen LogP contribution in [0.15, 0.2) is 84.9 Å². The largest absolute Gasteiger partial charge is 0.372 e. The molecule has 3 heteroatoms. The summed E-state index contributed by atoms with van der Waals surface area (Å²) in [4.78, 5) is 2.64. The van der Waals surface area contributed by atoms with Crippen molar-refractivity contribution in [1.29, 1.82) is 0 Å². The van der Waals surface area contributed by atoms with Gasteiger partial charge in [0.1, 0.15) is 5.82 Å². The van der Waals surface area contributed by atoms with E-state index in [1.807, 2.05) is 12.1 Å². The molecule has 3 aromatic rings. The molecule has 0 unspecified atom stereocenters. The van der Waals surface area contributed by atoms with Crippen molar-refractivity contribution in [3.63, 3.8) is 0 Å². The van der Waals surface area contributed by atoms with Gasteiger partial charge in [0.05, 0.1) is 12.7 Å². The highest BCUT2D eigenvalue weighted by molar-refractivity contribution is 5.35. The molecule has 0 spiro atoms. The molecule has 3 saturated heterocycles. The summed E-state index contributed by atoms with van der Waals surface area (Å²) < 4.78 is 19.9. The smallest absolute Gasteiger partial charge is 0.123 e. The highest BCUT2D eigenvalue weighted by Crippen LogP contribution is 2.43. The van der Waals surface area contributed by atoms with Gasteiger partial charge in [-0.25, -0.2) is 4.39 Å². The highest BCUT2D eigenvalue weighted by atomic mass is 19.1. The van der Waals surface area contributed by atoms with E-state index in [-0.39, 0.29) is 17.8 Å². The number of benzene rings is 3. The van der Waals surface area contributed by atoms with Crippen LogP contribution in [-0.2, 0) is 11.3 Å². The summed E-state index contributed by atoms with van der Waals surface area (Å²) in [5.41, 5.74) is 3.72. The molecule has 3 heterocycles. The first-order valence-corrected chi connectivity index (χ1v) is 11.0. The van der Waals surface area contributed by atoms with Crippen LogP contribution < -0.4 is 0 Å². The van der Waals surface area contributed by atoms with Crippen molar-refractivity contribution >= 4 is 0 Å². The maximum atomic E-state index is 13.3. The maximum absolute atomic E-state index is 13.3. The van der Waals surface area contributed by atoms with Gasteiger partial charge in [0.15, 0.2) is 0 Å². The monoisotopic (exact) mass is 401 g/mol. The van der Waals surface area contributed by atoms with E-state index in [1.165, 1.54) is 36.1 Å². The number of fused-ring (bicyclic) bond motifs is 3. The molecular formula is C27H28FNO. The Labute approximate surface area is 178 Å². The lowest BCUT2D eigenvalue weighted by Crippen LogP contribution is -2.60. The molecule has 30 heavy (non-hydrogen) atoms. The van der Waals surface area contributed by atoms with Crippen LogP contribution in [0.25, 0.3) is 0 Å². The first-order valence-electron chi connectivity index (χ1n) is 11.0. The third-order valence-corrected chi connectivity index (χ3v) is 6.81. The van der Waals surface area contributed by atoms with Crippen LogP contribution in [0.1, 0.15) is 35.4 Å². The minimum atomic E-state index is -0.201. The second-order valence-corrected chi connectivity index (χ2v) is 8.57. The number of rotatable bonds is 6. The van der Waals surface area contributed by atoms with E-state index in [4.69, 9.17) is 4.74 Å². The Bertz CT molecular complexity index is 896. The van der Waals surface area contributed by atoms with E-state index in [9.17, 15) is 4.39 Å². The van der Waals surface area contributed by atoms with E-state index >= 15 is 0 Å². The molecule has 0 aliphatic carbocycles. The molecule has 3 fully saturated rings. The third-order valence-electron chi connectivity index (χ3n) is 6.81. The molecule has 0 N–H and O–H groups in total. The van der Waals surface area contributed by atoms with Crippen molar-refractivity contribution in [3.8, 4) is 0 Å². The molecule has 0 amide bonds. The van der Waals surface area contributed by atoms with Gasteiger partial charge in [-0.15, -0.1) is 0 Å². The lowest BCUT2D eigenvalue weighted by molar-refractivity contribution is -0.120. The molecule has 0 radical (unpaired) electrons. The summed E-state index contributed by atoms with van der Waals surface area (Å²) in [6.07, 6.45) is 2.56. The SMILES string of the molecule is Fc1ccc(CO[C@@H]2C3CCN(CC3)[C@@H]2C(c2ccccc2)c2ccccc2)cc1. The van der Waals surface area contributed by atoms with Crippen LogP contribution in [0.2, 0.25) is 0 Å².